The second-order valence-corrected chi connectivity index (χ2v) is 17.3. The molecule has 1 saturated heterocycles. The minimum absolute atomic E-state index is 0.135. The topological polar surface area (TPSA) is 62.2 Å². The Labute approximate surface area is 273 Å². The van der Waals surface area contributed by atoms with Gasteiger partial charge in [0, 0.05) is 19.1 Å². The van der Waals surface area contributed by atoms with Gasteiger partial charge in [-0.3, -0.25) is 4.90 Å². The standard InChI is InChI=1S/C40H61NO4/c1-27-21-35(43)36(41(24-27)17-18-44-19-20-45-25-29-9-7-6-8-10-29)28(2)38(4)16-14-33-32-12-11-30-22-31(42)13-15-37(30,3)34(32)23-40(33)26-39(38,40)5/h6-11,27-28,31-36,42-43H,12-26H2,1-5H3/t27-,28+,31-,32-,33-,34-,35+,36-,37-,38-,39?,40?/m0/s1. The summed E-state index contributed by atoms with van der Waals surface area (Å²) in [5.41, 5.74) is 4.08. The Morgan fingerprint density at radius 2 is 1.76 bits per heavy atom. The molecule has 0 aromatic heterocycles. The Kier molecular flexibility index (Phi) is 8.63. The number of likely N-dealkylation sites (tertiary alicyclic amines) is 1. The summed E-state index contributed by atoms with van der Waals surface area (Å²) < 4.78 is 11.9. The van der Waals surface area contributed by atoms with Gasteiger partial charge in [0.15, 0.2) is 0 Å². The van der Waals surface area contributed by atoms with Gasteiger partial charge in [-0.15, -0.1) is 0 Å². The zero-order chi connectivity index (χ0) is 31.6. The highest BCUT2D eigenvalue weighted by Crippen LogP contribution is 2.87. The molecule has 2 N–H and O–H groups in total. The summed E-state index contributed by atoms with van der Waals surface area (Å²) in [6.07, 6.45) is 12.7. The summed E-state index contributed by atoms with van der Waals surface area (Å²) in [5.74, 6) is 3.37. The first-order valence-electron chi connectivity index (χ1n) is 18.5. The number of allylic oxidation sites excluding steroid dienone is 1. The van der Waals surface area contributed by atoms with Crippen molar-refractivity contribution >= 4 is 0 Å². The maximum Gasteiger partial charge on any atom is 0.0718 e. The third kappa shape index (κ3) is 5.21. The molecule has 1 aromatic carbocycles. The molecule has 45 heavy (non-hydrogen) atoms. The van der Waals surface area contributed by atoms with Crippen LogP contribution in [0.3, 0.4) is 0 Å². The summed E-state index contributed by atoms with van der Waals surface area (Å²) in [4.78, 5) is 2.60. The Morgan fingerprint density at radius 3 is 2.56 bits per heavy atom. The van der Waals surface area contributed by atoms with Crippen LogP contribution in [0.4, 0.5) is 0 Å². The lowest BCUT2D eigenvalue weighted by Crippen LogP contribution is -2.59. The molecule has 5 fully saturated rings. The molecule has 1 aromatic rings. The fourth-order valence-corrected chi connectivity index (χ4v) is 12.6. The van der Waals surface area contributed by atoms with E-state index in [2.05, 4.69) is 57.7 Å². The Morgan fingerprint density at radius 1 is 0.978 bits per heavy atom. The van der Waals surface area contributed by atoms with Gasteiger partial charge in [0.25, 0.3) is 0 Å². The second-order valence-electron chi connectivity index (χ2n) is 17.3. The van der Waals surface area contributed by atoms with Gasteiger partial charge in [0.05, 0.1) is 38.6 Å². The number of fused-ring (bicyclic) bond motifs is 4. The molecule has 1 aliphatic heterocycles. The van der Waals surface area contributed by atoms with Gasteiger partial charge in [0.1, 0.15) is 0 Å². The zero-order valence-corrected chi connectivity index (χ0v) is 28.8. The predicted octanol–water partition coefficient (Wildman–Crippen LogP) is 7.26. The van der Waals surface area contributed by atoms with Gasteiger partial charge in [-0.2, -0.15) is 0 Å². The first-order valence-corrected chi connectivity index (χ1v) is 18.5. The van der Waals surface area contributed by atoms with E-state index >= 15 is 0 Å². The monoisotopic (exact) mass is 619 g/mol. The molecule has 0 bridgehead atoms. The SMILES string of the molecule is C[C@H]1C[C@@H](O)[C@H]([C@@H](C)[C@]2(C)CC[C@H]3[C@@H]4CC=C5C[C@@H](O)CC[C@]5(C)[C@H]4CC34CC42C)N(CCOCCOCc2ccccc2)C1. The van der Waals surface area contributed by atoms with Crippen molar-refractivity contribution in [2.24, 2.45) is 51.2 Å². The number of piperidine rings is 1. The highest BCUT2D eigenvalue weighted by molar-refractivity contribution is 5.34. The van der Waals surface area contributed by atoms with Crippen molar-refractivity contribution in [1.29, 1.82) is 0 Å². The predicted molar refractivity (Wildman–Crippen MR) is 179 cm³/mol. The molecule has 6 aliphatic rings. The van der Waals surface area contributed by atoms with E-state index in [9.17, 15) is 10.2 Å². The number of hydrogen-bond acceptors (Lipinski definition) is 5. The molecule has 2 unspecified atom stereocenters. The smallest absolute Gasteiger partial charge is 0.0718 e. The largest absolute Gasteiger partial charge is 0.393 e. The molecule has 1 spiro atoms. The van der Waals surface area contributed by atoms with Crippen LogP contribution in [0, 0.1) is 51.2 Å². The van der Waals surface area contributed by atoms with Crippen molar-refractivity contribution in [3.63, 3.8) is 0 Å². The maximum absolute atomic E-state index is 11.7. The lowest BCUT2D eigenvalue weighted by Gasteiger charge is -2.56. The van der Waals surface area contributed by atoms with Gasteiger partial charge < -0.3 is 19.7 Å². The number of aliphatic hydroxyl groups excluding tert-OH is 2. The van der Waals surface area contributed by atoms with Crippen LogP contribution in [0.2, 0.25) is 0 Å². The quantitative estimate of drug-likeness (QED) is 0.213. The molecule has 12 atom stereocenters. The first-order chi connectivity index (χ1) is 21.5. The van der Waals surface area contributed by atoms with Gasteiger partial charge in [0.2, 0.25) is 0 Å². The summed E-state index contributed by atoms with van der Waals surface area (Å²) in [6.45, 7) is 17.1. The third-order valence-corrected chi connectivity index (χ3v) is 15.4. The molecule has 5 aliphatic carbocycles. The second kappa shape index (κ2) is 12.0. The van der Waals surface area contributed by atoms with E-state index in [1.165, 1.54) is 37.7 Å². The van der Waals surface area contributed by atoms with E-state index in [1.807, 2.05) is 18.2 Å². The fourth-order valence-electron chi connectivity index (χ4n) is 12.6. The van der Waals surface area contributed by atoms with Crippen LogP contribution in [0.25, 0.3) is 0 Å². The number of benzene rings is 1. The lowest BCUT2D eigenvalue weighted by atomic mass is 9.53. The number of hydrogen-bond donors (Lipinski definition) is 2. The van der Waals surface area contributed by atoms with E-state index in [1.54, 1.807) is 5.57 Å². The van der Waals surface area contributed by atoms with Crippen LogP contribution in [0.5, 0.6) is 0 Å². The molecule has 7 rings (SSSR count). The summed E-state index contributed by atoms with van der Waals surface area (Å²) in [7, 11) is 0. The highest BCUT2D eigenvalue weighted by Gasteiger charge is 2.81. The molecule has 5 heteroatoms. The molecule has 1 heterocycles. The number of aliphatic hydroxyl groups is 2. The lowest BCUT2D eigenvalue weighted by molar-refractivity contribution is -0.105. The van der Waals surface area contributed by atoms with E-state index in [0.29, 0.717) is 54.5 Å². The van der Waals surface area contributed by atoms with Crippen molar-refractivity contribution in [2.75, 3.05) is 32.9 Å². The van der Waals surface area contributed by atoms with Crippen LogP contribution >= 0.6 is 0 Å². The zero-order valence-electron chi connectivity index (χ0n) is 28.8. The van der Waals surface area contributed by atoms with Gasteiger partial charge in [-0.05, 0) is 115 Å². The van der Waals surface area contributed by atoms with Crippen LogP contribution in [-0.4, -0.2) is 66.3 Å². The number of nitrogens with zero attached hydrogens (tertiary/aromatic N) is 1. The molecule has 5 nitrogen and oxygen atoms in total. The normalized spacial score (nSPS) is 46.4. The minimum Gasteiger partial charge on any atom is -0.393 e. The van der Waals surface area contributed by atoms with E-state index in [0.717, 1.165) is 56.5 Å². The summed E-state index contributed by atoms with van der Waals surface area (Å²) in [6, 6.07) is 10.5. The van der Waals surface area contributed by atoms with Crippen molar-refractivity contribution in [3.8, 4) is 0 Å². The van der Waals surface area contributed by atoms with Crippen LogP contribution in [-0.2, 0) is 16.1 Å². The third-order valence-electron chi connectivity index (χ3n) is 15.4. The van der Waals surface area contributed by atoms with Crippen LogP contribution < -0.4 is 0 Å². The Hall–Kier alpha value is -1.24. The highest BCUT2D eigenvalue weighted by atomic mass is 16.5. The molecular weight excluding hydrogens is 558 g/mol. The average molecular weight is 620 g/mol. The van der Waals surface area contributed by atoms with E-state index in [4.69, 9.17) is 9.47 Å². The molecule has 250 valence electrons. The fraction of sp³-hybridized carbons (Fsp3) is 0.800. The van der Waals surface area contributed by atoms with Crippen LogP contribution in [0.15, 0.2) is 42.0 Å². The Balaban J connectivity index is 1.01. The van der Waals surface area contributed by atoms with Crippen molar-refractivity contribution in [1.82, 2.24) is 4.90 Å². The van der Waals surface area contributed by atoms with Crippen molar-refractivity contribution < 1.29 is 19.7 Å². The maximum atomic E-state index is 11.7. The van der Waals surface area contributed by atoms with Crippen molar-refractivity contribution in [3.05, 3.63) is 47.5 Å². The van der Waals surface area contributed by atoms with Crippen molar-refractivity contribution in [2.45, 2.75) is 117 Å². The van der Waals surface area contributed by atoms with E-state index < -0.39 is 0 Å². The van der Waals surface area contributed by atoms with Gasteiger partial charge >= 0.3 is 0 Å². The molecule has 4 saturated carbocycles. The summed E-state index contributed by atoms with van der Waals surface area (Å²) in [5, 5.41) is 22.2. The Bertz CT molecular complexity index is 1240. The van der Waals surface area contributed by atoms with Gasteiger partial charge in [-0.1, -0.05) is 76.6 Å². The molecular formula is C40H61NO4. The number of ether oxygens (including phenoxy) is 2. The van der Waals surface area contributed by atoms with E-state index in [-0.39, 0.29) is 23.7 Å². The molecule has 0 amide bonds. The first kappa shape index (κ1) is 32.3. The van der Waals surface area contributed by atoms with Crippen LogP contribution in [0.1, 0.15) is 98.0 Å². The summed E-state index contributed by atoms with van der Waals surface area (Å²) >= 11 is 0. The minimum atomic E-state index is -0.281. The molecule has 0 radical (unpaired) electrons. The average Bonchev–Trinajstić information content (AvgIpc) is 3.51. The number of rotatable bonds is 10. The van der Waals surface area contributed by atoms with Gasteiger partial charge in [-0.25, -0.2) is 0 Å².